The predicted octanol–water partition coefficient (Wildman–Crippen LogP) is 2.76. The van der Waals surface area contributed by atoms with Crippen molar-refractivity contribution in [3.8, 4) is 5.75 Å². The van der Waals surface area contributed by atoms with Crippen molar-refractivity contribution in [2.75, 3.05) is 0 Å². The molecule has 0 radical (unpaired) electrons. The van der Waals surface area contributed by atoms with Crippen LogP contribution in [0.3, 0.4) is 0 Å². The molecule has 0 aliphatic rings. The minimum Gasteiger partial charge on any atom is -0.480 e. The van der Waals surface area contributed by atoms with Crippen molar-refractivity contribution in [2.45, 2.75) is 6.61 Å². The van der Waals surface area contributed by atoms with E-state index in [9.17, 15) is 14.5 Å². The molecule has 0 spiro atoms. The lowest BCUT2D eigenvalue weighted by Gasteiger charge is -2.06. The van der Waals surface area contributed by atoms with E-state index in [0.29, 0.717) is 5.69 Å². The minimum atomic E-state index is -0.650. The summed E-state index contributed by atoms with van der Waals surface area (Å²) in [4.78, 5) is 17.8. The Labute approximate surface area is 112 Å². The van der Waals surface area contributed by atoms with Gasteiger partial charge < -0.3 is 4.74 Å². The van der Waals surface area contributed by atoms with Crippen molar-refractivity contribution < 1.29 is 14.1 Å². The predicted molar refractivity (Wildman–Crippen MR) is 64.4 cm³/mol. The number of nitro benzene ring substituents is 1. The number of hydrogen-bond acceptors (Lipinski definition) is 5. The van der Waals surface area contributed by atoms with Crippen LogP contribution in [0.5, 0.6) is 5.75 Å². The fourth-order valence-corrected chi connectivity index (χ4v) is 1.42. The second-order valence-electron chi connectivity index (χ2n) is 3.49. The second-order valence-corrected chi connectivity index (χ2v) is 3.88. The molecule has 0 atom stereocenters. The van der Waals surface area contributed by atoms with E-state index < -0.39 is 10.7 Å². The monoisotopic (exact) mass is 283 g/mol. The molecular weight excluding hydrogens is 277 g/mol. The molecule has 1 heterocycles. The van der Waals surface area contributed by atoms with Gasteiger partial charge in [0.15, 0.2) is 5.75 Å². The molecule has 0 aliphatic heterocycles. The van der Waals surface area contributed by atoms with Crippen LogP contribution in [-0.4, -0.2) is 14.9 Å². The van der Waals surface area contributed by atoms with Crippen LogP contribution in [0.2, 0.25) is 5.15 Å². The Morgan fingerprint density at radius 1 is 1.37 bits per heavy atom. The van der Waals surface area contributed by atoms with Crippen LogP contribution in [-0.2, 0) is 6.61 Å². The van der Waals surface area contributed by atoms with E-state index in [4.69, 9.17) is 16.3 Å². The first kappa shape index (κ1) is 13.2. The lowest BCUT2D eigenvalue weighted by atomic mass is 10.3. The average molecular weight is 284 g/mol. The van der Waals surface area contributed by atoms with Gasteiger partial charge in [0.25, 0.3) is 0 Å². The molecule has 6 nitrogen and oxygen atoms in total. The SMILES string of the molecule is O=[N+]([O-])c1ccc(F)cc1OCc1cnc(Cl)cn1. The van der Waals surface area contributed by atoms with E-state index >= 15 is 0 Å². The summed E-state index contributed by atoms with van der Waals surface area (Å²) in [6.07, 6.45) is 2.69. The highest BCUT2D eigenvalue weighted by Crippen LogP contribution is 2.27. The van der Waals surface area contributed by atoms with Gasteiger partial charge in [-0.2, -0.15) is 0 Å². The maximum absolute atomic E-state index is 13.0. The summed E-state index contributed by atoms with van der Waals surface area (Å²) >= 11 is 5.56. The molecule has 0 amide bonds. The topological polar surface area (TPSA) is 78.2 Å². The third-order valence-corrected chi connectivity index (χ3v) is 2.36. The largest absolute Gasteiger partial charge is 0.480 e. The zero-order chi connectivity index (χ0) is 13.8. The van der Waals surface area contributed by atoms with Gasteiger partial charge in [-0.15, -0.1) is 0 Å². The van der Waals surface area contributed by atoms with Crippen molar-refractivity contribution in [3.05, 3.63) is 57.4 Å². The lowest BCUT2D eigenvalue weighted by Crippen LogP contribution is -2.01. The molecule has 0 bridgehead atoms. The fourth-order valence-electron chi connectivity index (χ4n) is 1.32. The van der Waals surface area contributed by atoms with Gasteiger partial charge in [-0.1, -0.05) is 11.6 Å². The Morgan fingerprint density at radius 2 is 2.16 bits per heavy atom. The van der Waals surface area contributed by atoms with Gasteiger partial charge in [-0.25, -0.2) is 9.37 Å². The highest BCUT2D eigenvalue weighted by atomic mass is 35.5. The first-order chi connectivity index (χ1) is 9.06. The second kappa shape index (κ2) is 5.57. The first-order valence-corrected chi connectivity index (χ1v) is 5.47. The number of rotatable bonds is 4. The van der Waals surface area contributed by atoms with Gasteiger partial charge in [-0.3, -0.25) is 15.1 Å². The van der Waals surface area contributed by atoms with Gasteiger partial charge >= 0.3 is 5.69 Å². The Morgan fingerprint density at radius 3 is 2.79 bits per heavy atom. The molecule has 19 heavy (non-hydrogen) atoms. The maximum Gasteiger partial charge on any atom is 0.311 e. The quantitative estimate of drug-likeness (QED) is 0.637. The molecule has 0 saturated carbocycles. The molecule has 1 aromatic heterocycles. The Balaban J connectivity index is 2.16. The summed E-state index contributed by atoms with van der Waals surface area (Å²) in [5.41, 5.74) is 0.103. The zero-order valence-electron chi connectivity index (χ0n) is 9.42. The smallest absolute Gasteiger partial charge is 0.311 e. The summed E-state index contributed by atoms with van der Waals surface area (Å²) in [7, 11) is 0. The van der Waals surface area contributed by atoms with Crippen LogP contribution in [0.1, 0.15) is 5.69 Å². The van der Waals surface area contributed by atoms with Gasteiger partial charge in [0.1, 0.15) is 17.6 Å². The molecule has 0 unspecified atom stereocenters. The Hall–Kier alpha value is -2.28. The fraction of sp³-hybridized carbons (Fsp3) is 0.0909. The zero-order valence-corrected chi connectivity index (χ0v) is 10.2. The van der Waals surface area contributed by atoms with E-state index in [1.807, 2.05) is 0 Å². The van der Waals surface area contributed by atoms with Crippen molar-refractivity contribution in [3.63, 3.8) is 0 Å². The Kier molecular flexibility index (Phi) is 3.86. The average Bonchev–Trinajstić information content (AvgIpc) is 2.38. The summed E-state index contributed by atoms with van der Waals surface area (Å²) in [5.74, 6) is -0.787. The van der Waals surface area contributed by atoms with Crippen molar-refractivity contribution in [1.29, 1.82) is 0 Å². The molecule has 0 fully saturated rings. The molecule has 2 rings (SSSR count). The molecule has 0 N–H and O–H groups in total. The number of benzene rings is 1. The van der Waals surface area contributed by atoms with E-state index in [0.717, 1.165) is 18.2 Å². The number of nitrogens with zero attached hydrogens (tertiary/aromatic N) is 3. The van der Waals surface area contributed by atoms with Crippen LogP contribution in [0, 0.1) is 15.9 Å². The molecule has 1 aromatic carbocycles. The molecule has 8 heteroatoms. The van der Waals surface area contributed by atoms with E-state index in [-0.39, 0.29) is 23.2 Å². The third kappa shape index (κ3) is 3.35. The van der Waals surface area contributed by atoms with E-state index in [1.54, 1.807) is 0 Å². The number of aromatic nitrogens is 2. The molecule has 0 aliphatic carbocycles. The van der Waals surface area contributed by atoms with Crippen LogP contribution >= 0.6 is 11.6 Å². The van der Waals surface area contributed by atoms with Gasteiger partial charge in [0.2, 0.25) is 0 Å². The molecule has 0 saturated heterocycles. The van der Waals surface area contributed by atoms with Gasteiger partial charge in [0, 0.05) is 12.1 Å². The summed E-state index contributed by atoms with van der Waals surface area (Å²) in [6.45, 7) is -0.0749. The number of hydrogen-bond donors (Lipinski definition) is 0. The van der Waals surface area contributed by atoms with Crippen LogP contribution in [0.15, 0.2) is 30.6 Å². The Bertz CT molecular complexity index is 607. The third-order valence-electron chi connectivity index (χ3n) is 2.17. The van der Waals surface area contributed by atoms with Crippen LogP contribution in [0.4, 0.5) is 10.1 Å². The lowest BCUT2D eigenvalue weighted by molar-refractivity contribution is -0.386. The van der Waals surface area contributed by atoms with Crippen molar-refractivity contribution in [1.82, 2.24) is 9.97 Å². The summed E-state index contributed by atoms with van der Waals surface area (Å²) in [5, 5.41) is 11.0. The molecule has 2 aromatic rings. The van der Waals surface area contributed by atoms with E-state index in [2.05, 4.69) is 9.97 Å². The summed E-state index contributed by atoms with van der Waals surface area (Å²) < 4.78 is 18.2. The van der Waals surface area contributed by atoms with Gasteiger partial charge in [-0.05, 0) is 6.07 Å². The van der Waals surface area contributed by atoms with Crippen LogP contribution in [0.25, 0.3) is 0 Å². The van der Waals surface area contributed by atoms with E-state index in [1.165, 1.54) is 12.4 Å². The number of halogens is 2. The maximum atomic E-state index is 13.0. The first-order valence-electron chi connectivity index (χ1n) is 5.09. The highest BCUT2D eigenvalue weighted by molar-refractivity contribution is 6.29. The number of ether oxygens (including phenoxy) is 1. The van der Waals surface area contributed by atoms with Crippen molar-refractivity contribution >= 4 is 17.3 Å². The summed E-state index contributed by atoms with van der Waals surface area (Å²) in [6, 6.07) is 2.98. The van der Waals surface area contributed by atoms with Crippen LogP contribution < -0.4 is 4.74 Å². The van der Waals surface area contributed by atoms with Crippen molar-refractivity contribution in [2.24, 2.45) is 0 Å². The molecular formula is C11H7ClFN3O3. The minimum absolute atomic E-state index is 0.0749. The molecule has 98 valence electrons. The highest BCUT2D eigenvalue weighted by Gasteiger charge is 2.16. The standard InChI is InChI=1S/C11H7ClFN3O3/c12-11-5-14-8(4-15-11)6-19-10-3-7(13)1-2-9(10)16(17)18/h1-5H,6H2. The normalized spacial score (nSPS) is 10.2. The van der Waals surface area contributed by atoms with Gasteiger partial charge in [0.05, 0.1) is 23.0 Å². The number of nitro groups is 1.